The van der Waals surface area contributed by atoms with E-state index in [-0.39, 0.29) is 5.41 Å². The second kappa shape index (κ2) is 3.93. The lowest BCUT2D eigenvalue weighted by molar-refractivity contribution is 0.572. The number of hydrogen-bond acceptors (Lipinski definition) is 0. The molecule has 0 saturated heterocycles. The quantitative estimate of drug-likeness (QED) is 0.693. The zero-order valence-electron chi connectivity index (χ0n) is 7.84. The van der Waals surface area contributed by atoms with E-state index in [1.807, 2.05) is 12.1 Å². The average molecular weight is 238 g/mol. The Hall–Kier alpha value is -0.810. The Balaban J connectivity index is 2.95. The first-order chi connectivity index (χ1) is 6.06. The van der Waals surface area contributed by atoms with Crippen LogP contribution in [0.25, 0.3) is 4.85 Å². The highest BCUT2D eigenvalue weighted by Gasteiger charge is 2.23. The van der Waals surface area contributed by atoms with Gasteiger partial charge in [0.25, 0.3) is 0 Å². The first kappa shape index (κ1) is 10.3. The maximum atomic E-state index is 6.87. The molecule has 0 atom stereocenters. The van der Waals surface area contributed by atoms with Gasteiger partial charge in [0.15, 0.2) is 0 Å². The Morgan fingerprint density at radius 1 is 1.31 bits per heavy atom. The van der Waals surface area contributed by atoms with Gasteiger partial charge in [0.1, 0.15) is 0 Å². The first-order valence-electron chi connectivity index (χ1n) is 4.15. The number of nitrogens with zero attached hydrogens (tertiary/aromatic N) is 1. The molecule has 13 heavy (non-hydrogen) atoms. The summed E-state index contributed by atoms with van der Waals surface area (Å²) >= 11 is 3.39. The molecule has 0 saturated carbocycles. The summed E-state index contributed by atoms with van der Waals surface area (Å²) in [4.78, 5) is 3.44. The van der Waals surface area contributed by atoms with Crippen molar-refractivity contribution in [2.75, 3.05) is 6.54 Å². The SMILES string of the molecule is [C-]#[N+]CC(C)(C)c1ccc(Br)cc1. The second-order valence-electron chi connectivity index (χ2n) is 3.71. The van der Waals surface area contributed by atoms with E-state index in [1.54, 1.807) is 0 Å². The molecule has 1 nitrogen and oxygen atoms in total. The first-order valence-corrected chi connectivity index (χ1v) is 4.95. The fourth-order valence-electron chi connectivity index (χ4n) is 1.19. The fourth-order valence-corrected chi connectivity index (χ4v) is 1.45. The van der Waals surface area contributed by atoms with Crippen molar-refractivity contribution >= 4 is 15.9 Å². The molecule has 68 valence electrons. The molecular weight excluding hydrogens is 226 g/mol. The third kappa shape index (κ3) is 2.57. The minimum Gasteiger partial charge on any atom is -0.316 e. The second-order valence-corrected chi connectivity index (χ2v) is 4.62. The molecule has 0 unspecified atom stereocenters. The van der Waals surface area contributed by atoms with Gasteiger partial charge in [0.05, 0.1) is 5.41 Å². The van der Waals surface area contributed by atoms with Crippen LogP contribution >= 0.6 is 15.9 Å². The Labute approximate surface area is 87.7 Å². The summed E-state index contributed by atoms with van der Waals surface area (Å²) in [6.07, 6.45) is 0. The van der Waals surface area contributed by atoms with Crippen LogP contribution in [0.4, 0.5) is 0 Å². The molecule has 0 aliphatic rings. The summed E-state index contributed by atoms with van der Waals surface area (Å²) in [5, 5.41) is 0. The highest BCUT2D eigenvalue weighted by Crippen LogP contribution is 2.24. The van der Waals surface area contributed by atoms with Gasteiger partial charge >= 0.3 is 0 Å². The fraction of sp³-hybridized carbons (Fsp3) is 0.364. The number of rotatable bonds is 2. The van der Waals surface area contributed by atoms with Crippen LogP contribution in [0.2, 0.25) is 0 Å². The Kier molecular flexibility index (Phi) is 3.11. The average Bonchev–Trinajstić information content (AvgIpc) is 2.05. The van der Waals surface area contributed by atoms with Gasteiger partial charge in [-0.1, -0.05) is 28.1 Å². The zero-order chi connectivity index (χ0) is 9.90. The van der Waals surface area contributed by atoms with E-state index in [9.17, 15) is 0 Å². The van der Waals surface area contributed by atoms with Gasteiger partial charge in [-0.05, 0) is 31.5 Å². The van der Waals surface area contributed by atoms with E-state index in [0.717, 1.165) is 4.47 Å². The van der Waals surface area contributed by atoms with Crippen LogP contribution in [0.15, 0.2) is 28.7 Å². The van der Waals surface area contributed by atoms with Crippen LogP contribution in [0.5, 0.6) is 0 Å². The van der Waals surface area contributed by atoms with Crippen molar-refractivity contribution in [2.24, 2.45) is 0 Å². The number of halogens is 1. The molecule has 2 heteroatoms. The van der Waals surface area contributed by atoms with Gasteiger partial charge in [-0.25, -0.2) is 6.57 Å². The van der Waals surface area contributed by atoms with Crippen LogP contribution in [-0.2, 0) is 5.41 Å². The Morgan fingerprint density at radius 3 is 2.31 bits per heavy atom. The largest absolute Gasteiger partial charge is 0.316 e. The van der Waals surface area contributed by atoms with Crippen molar-refractivity contribution in [2.45, 2.75) is 19.3 Å². The monoisotopic (exact) mass is 237 g/mol. The van der Waals surface area contributed by atoms with Gasteiger partial charge in [-0.3, -0.25) is 0 Å². The summed E-state index contributed by atoms with van der Waals surface area (Å²) < 4.78 is 1.08. The molecule has 0 aromatic heterocycles. The molecule has 0 spiro atoms. The number of hydrogen-bond donors (Lipinski definition) is 0. The highest BCUT2D eigenvalue weighted by molar-refractivity contribution is 9.10. The van der Waals surface area contributed by atoms with E-state index in [1.165, 1.54) is 5.56 Å². The third-order valence-electron chi connectivity index (χ3n) is 2.10. The lowest BCUT2D eigenvalue weighted by Gasteiger charge is -2.18. The summed E-state index contributed by atoms with van der Waals surface area (Å²) in [7, 11) is 0. The standard InChI is InChI=1S/C11H12BrN/c1-11(2,8-13-3)9-4-6-10(12)7-5-9/h4-7H,8H2,1-2H3. The Bertz CT molecular complexity index is 319. The summed E-state index contributed by atoms with van der Waals surface area (Å²) in [6, 6.07) is 8.16. The van der Waals surface area contributed by atoms with Crippen molar-refractivity contribution in [3.05, 3.63) is 45.7 Å². The third-order valence-corrected chi connectivity index (χ3v) is 2.63. The normalized spacial score (nSPS) is 10.9. The van der Waals surface area contributed by atoms with Gasteiger partial charge in [-0.15, -0.1) is 0 Å². The van der Waals surface area contributed by atoms with Crippen LogP contribution < -0.4 is 0 Å². The van der Waals surface area contributed by atoms with E-state index in [0.29, 0.717) is 6.54 Å². The molecule has 1 aromatic carbocycles. The predicted octanol–water partition coefficient (Wildman–Crippen LogP) is 3.65. The van der Waals surface area contributed by atoms with Crippen molar-refractivity contribution < 1.29 is 0 Å². The minimum atomic E-state index is -0.0392. The smallest absolute Gasteiger partial charge is 0.223 e. The maximum absolute atomic E-state index is 6.87. The summed E-state index contributed by atoms with van der Waals surface area (Å²) in [5.74, 6) is 0. The van der Waals surface area contributed by atoms with Crippen molar-refractivity contribution in [1.29, 1.82) is 0 Å². The van der Waals surface area contributed by atoms with E-state index < -0.39 is 0 Å². The molecular formula is C11H12BrN. The van der Waals surface area contributed by atoms with Crippen LogP contribution in [0, 0.1) is 6.57 Å². The molecule has 0 N–H and O–H groups in total. The highest BCUT2D eigenvalue weighted by atomic mass is 79.9. The van der Waals surface area contributed by atoms with E-state index in [2.05, 4.69) is 46.8 Å². The molecule has 0 amide bonds. The molecule has 1 aromatic rings. The molecule has 1 rings (SSSR count). The van der Waals surface area contributed by atoms with Gasteiger partial charge in [-0.2, -0.15) is 0 Å². The van der Waals surface area contributed by atoms with E-state index in [4.69, 9.17) is 6.57 Å². The van der Waals surface area contributed by atoms with Crippen molar-refractivity contribution in [3.63, 3.8) is 0 Å². The number of benzene rings is 1. The molecule has 0 fully saturated rings. The predicted molar refractivity (Wildman–Crippen MR) is 58.6 cm³/mol. The lowest BCUT2D eigenvalue weighted by Crippen LogP contribution is -2.19. The summed E-state index contributed by atoms with van der Waals surface area (Å²) in [6.45, 7) is 11.6. The molecule has 0 radical (unpaired) electrons. The molecule has 0 bridgehead atoms. The van der Waals surface area contributed by atoms with Crippen LogP contribution in [0.3, 0.4) is 0 Å². The van der Waals surface area contributed by atoms with Crippen LogP contribution in [0.1, 0.15) is 19.4 Å². The van der Waals surface area contributed by atoms with Gasteiger partial charge < -0.3 is 4.85 Å². The maximum Gasteiger partial charge on any atom is 0.223 e. The molecule has 0 heterocycles. The molecule has 0 aliphatic carbocycles. The topological polar surface area (TPSA) is 4.36 Å². The van der Waals surface area contributed by atoms with Crippen molar-refractivity contribution in [1.82, 2.24) is 0 Å². The Morgan fingerprint density at radius 2 is 1.85 bits per heavy atom. The molecule has 0 aliphatic heterocycles. The van der Waals surface area contributed by atoms with E-state index >= 15 is 0 Å². The zero-order valence-corrected chi connectivity index (χ0v) is 9.43. The van der Waals surface area contributed by atoms with Crippen LogP contribution in [-0.4, -0.2) is 6.54 Å². The lowest BCUT2D eigenvalue weighted by atomic mass is 9.85. The van der Waals surface area contributed by atoms with Crippen molar-refractivity contribution in [3.8, 4) is 0 Å². The summed E-state index contributed by atoms with van der Waals surface area (Å²) in [5.41, 5.74) is 1.18. The van der Waals surface area contributed by atoms with Gasteiger partial charge in [0, 0.05) is 4.47 Å². The van der Waals surface area contributed by atoms with Gasteiger partial charge in [0.2, 0.25) is 6.54 Å². The minimum absolute atomic E-state index is 0.0392.